The molecule has 164 valence electrons. The number of amides is 1. The normalized spacial score (nSPS) is 13.6. The fourth-order valence-electron chi connectivity index (χ4n) is 2.83. The minimum absolute atomic E-state index is 0.0282. The predicted molar refractivity (Wildman–Crippen MR) is 97.9 cm³/mol. The summed E-state index contributed by atoms with van der Waals surface area (Å²) in [5.41, 5.74) is 0.161. The van der Waals surface area contributed by atoms with Crippen molar-refractivity contribution in [2.45, 2.75) is 19.0 Å². The van der Waals surface area contributed by atoms with E-state index in [0.29, 0.717) is 0 Å². The number of aromatic nitrogens is 2. The summed E-state index contributed by atoms with van der Waals surface area (Å²) in [5.74, 6) is -4.13. The summed E-state index contributed by atoms with van der Waals surface area (Å²) in [7, 11) is 0. The Bertz CT molecular complexity index is 1060. The Hall–Kier alpha value is -3.50. The van der Waals surface area contributed by atoms with Gasteiger partial charge < -0.3 is 14.5 Å². The second-order valence-electron chi connectivity index (χ2n) is 6.57. The summed E-state index contributed by atoms with van der Waals surface area (Å²) in [6, 6.07) is 9.10. The highest BCUT2D eigenvalue weighted by Gasteiger charge is 2.38. The molecule has 1 aliphatic rings. The molecule has 11 heteroatoms. The third kappa shape index (κ3) is 5.36. The highest BCUT2D eigenvalue weighted by molar-refractivity contribution is 5.94. The Morgan fingerprint density at radius 2 is 1.71 bits per heavy atom. The summed E-state index contributed by atoms with van der Waals surface area (Å²) in [6.45, 7) is 1.51. The van der Waals surface area contributed by atoms with Gasteiger partial charge in [0.25, 0.3) is 5.91 Å². The summed E-state index contributed by atoms with van der Waals surface area (Å²) >= 11 is 0. The Morgan fingerprint density at radius 3 is 2.29 bits per heavy atom. The van der Waals surface area contributed by atoms with Gasteiger partial charge in [0.1, 0.15) is 5.82 Å². The maximum Gasteiger partial charge on any atom is 0.471 e. The highest BCUT2D eigenvalue weighted by atomic mass is 19.4. The number of carbonyl (C=O) groups excluding carboxylic acids is 1. The van der Waals surface area contributed by atoms with E-state index in [9.17, 15) is 26.7 Å². The average Bonchev–Trinajstić information content (AvgIpc) is 3.42. The summed E-state index contributed by atoms with van der Waals surface area (Å²) < 4.78 is 66.6. The van der Waals surface area contributed by atoms with Crippen molar-refractivity contribution in [3.05, 3.63) is 65.6 Å². The molecular weight excluding hydrogens is 425 g/mol. The average molecular weight is 441 g/mol. The van der Waals surface area contributed by atoms with Crippen molar-refractivity contribution in [1.82, 2.24) is 15.0 Å². The first-order valence-corrected chi connectivity index (χ1v) is 9.10. The van der Waals surface area contributed by atoms with Gasteiger partial charge in [-0.05, 0) is 43.2 Å². The van der Waals surface area contributed by atoms with E-state index in [-0.39, 0.29) is 17.0 Å². The second-order valence-corrected chi connectivity index (χ2v) is 6.57. The Labute approximate surface area is 172 Å². The zero-order valence-electron chi connectivity index (χ0n) is 15.9. The number of benzene rings is 2. The van der Waals surface area contributed by atoms with Crippen LogP contribution in [0.15, 0.2) is 47.0 Å². The van der Waals surface area contributed by atoms with Crippen molar-refractivity contribution < 1.29 is 36.4 Å². The summed E-state index contributed by atoms with van der Waals surface area (Å²) in [4.78, 5) is 16.5. The van der Waals surface area contributed by atoms with Crippen LogP contribution < -0.4 is 0 Å². The number of halogens is 5. The van der Waals surface area contributed by atoms with Crippen LogP contribution >= 0.6 is 0 Å². The molecule has 2 aromatic carbocycles. The van der Waals surface area contributed by atoms with Crippen LogP contribution in [0, 0.1) is 11.6 Å². The minimum Gasteiger partial charge on any atom is -0.505 e. The van der Waals surface area contributed by atoms with Crippen molar-refractivity contribution in [3.8, 4) is 17.1 Å². The number of aromatic hydroxyl groups is 1. The fourth-order valence-corrected chi connectivity index (χ4v) is 2.83. The molecule has 0 bridgehead atoms. The summed E-state index contributed by atoms with van der Waals surface area (Å²) in [5, 5.41) is 12.0. The van der Waals surface area contributed by atoms with E-state index in [2.05, 4.69) is 14.7 Å². The number of phenolic OH excluding ortho intramolecular Hbond substituents is 1. The number of alkyl halides is 3. The van der Waals surface area contributed by atoms with Gasteiger partial charge in [-0.3, -0.25) is 4.79 Å². The van der Waals surface area contributed by atoms with Crippen LogP contribution in [0.2, 0.25) is 0 Å². The molecule has 1 aliphatic heterocycles. The maximum absolute atomic E-state index is 13.2. The lowest BCUT2D eigenvalue weighted by molar-refractivity contribution is -0.159. The lowest BCUT2D eigenvalue weighted by Gasteiger charge is -2.15. The Kier molecular flexibility index (Phi) is 6.52. The van der Waals surface area contributed by atoms with E-state index in [1.807, 2.05) is 0 Å². The lowest BCUT2D eigenvalue weighted by Crippen LogP contribution is -2.28. The number of likely N-dealkylation sites (tertiary alicyclic amines) is 1. The predicted octanol–water partition coefficient (Wildman–Crippen LogP) is 4.66. The smallest absolute Gasteiger partial charge is 0.471 e. The zero-order valence-corrected chi connectivity index (χ0v) is 15.9. The zero-order chi connectivity index (χ0) is 22.6. The van der Waals surface area contributed by atoms with Gasteiger partial charge in [0.05, 0.1) is 5.56 Å². The van der Waals surface area contributed by atoms with Crippen LogP contribution in [-0.2, 0) is 6.18 Å². The molecule has 6 nitrogen and oxygen atoms in total. The number of carbonyl (C=O) groups is 1. The number of hydrogen-bond donors (Lipinski definition) is 1. The van der Waals surface area contributed by atoms with Crippen molar-refractivity contribution in [2.75, 3.05) is 13.1 Å². The molecule has 0 unspecified atom stereocenters. The molecule has 1 saturated heterocycles. The molecule has 0 atom stereocenters. The van der Waals surface area contributed by atoms with Gasteiger partial charge in [-0.2, -0.15) is 18.2 Å². The number of rotatable bonds is 2. The summed E-state index contributed by atoms with van der Waals surface area (Å²) in [6.07, 6.45) is -2.69. The standard InChI is InChI=1S/C11H12FNO.C9H4F4N2O2/c12-10-6-2-1-5-9(10)11(14)13-7-3-4-8-13;10-5-3-4(1-2-6(5)16)7-14-8(17-15-7)9(11,12)13/h1-2,5-6H,3-4,7-8H2;1-3,16H. The molecule has 1 aromatic heterocycles. The Morgan fingerprint density at radius 1 is 1.03 bits per heavy atom. The fraction of sp³-hybridized carbons (Fsp3) is 0.250. The van der Waals surface area contributed by atoms with Crippen LogP contribution in [0.3, 0.4) is 0 Å². The lowest BCUT2D eigenvalue weighted by atomic mass is 10.2. The first kappa shape index (κ1) is 22.2. The van der Waals surface area contributed by atoms with E-state index < -0.39 is 35.3 Å². The van der Waals surface area contributed by atoms with Crippen LogP contribution in [0.5, 0.6) is 5.75 Å². The molecular formula is C20H16F5N3O3. The van der Waals surface area contributed by atoms with E-state index in [1.165, 1.54) is 18.2 Å². The van der Waals surface area contributed by atoms with E-state index in [4.69, 9.17) is 5.11 Å². The third-order valence-electron chi connectivity index (χ3n) is 4.37. The number of hydrogen-bond acceptors (Lipinski definition) is 5. The molecule has 3 aromatic rings. The van der Waals surface area contributed by atoms with E-state index in [1.54, 1.807) is 17.0 Å². The van der Waals surface area contributed by atoms with Crippen LogP contribution in [0.25, 0.3) is 11.4 Å². The van der Waals surface area contributed by atoms with Gasteiger partial charge in [0.15, 0.2) is 11.6 Å². The second kappa shape index (κ2) is 9.11. The molecule has 0 saturated carbocycles. The van der Waals surface area contributed by atoms with Crippen LogP contribution in [0.1, 0.15) is 29.1 Å². The SMILES string of the molecule is O=C(c1ccccc1F)N1CCCC1.Oc1ccc(-c2noc(C(F)(F)F)n2)cc1F. The van der Waals surface area contributed by atoms with E-state index >= 15 is 0 Å². The minimum atomic E-state index is -4.75. The van der Waals surface area contributed by atoms with Gasteiger partial charge in [0, 0.05) is 18.7 Å². The topological polar surface area (TPSA) is 79.5 Å². The molecule has 0 aliphatic carbocycles. The van der Waals surface area contributed by atoms with Gasteiger partial charge in [-0.25, -0.2) is 8.78 Å². The van der Waals surface area contributed by atoms with Gasteiger partial charge in [0.2, 0.25) is 5.82 Å². The first-order valence-electron chi connectivity index (χ1n) is 9.10. The molecule has 1 amide bonds. The molecule has 0 spiro atoms. The molecule has 1 fully saturated rings. The first-order chi connectivity index (χ1) is 14.7. The van der Waals surface area contributed by atoms with Gasteiger partial charge >= 0.3 is 12.1 Å². The maximum atomic E-state index is 13.2. The largest absolute Gasteiger partial charge is 0.505 e. The highest BCUT2D eigenvalue weighted by Crippen LogP contribution is 2.30. The van der Waals surface area contributed by atoms with Crippen LogP contribution in [0.4, 0.5) is 22.0 Å². The number of phenols is 1. The number of nitrogens with zero attached hydrogens (tertiary/aromatic N) is 3. The molecule has 31 heavy (non-hydrogen) atoms. The quantitative estimate of drug-likeness (QED) is 0.585. The molecule has 4 rings (SSSR count). The van der Waals surface area contributed by atoms with Crippen molar-refractivity contribution in [2.24, 2.45) is 0 Å². The monoisotopic (exact) mass is 441 g/mol. The molecule has 1 N–H and O–H groups in total. The van der Waals surface area contributed by atoms with Crippen molar-refractivity contribution >= 4 is 5.91 Å². The van der Waals surface area contributed by atoms with Crippen molar-refractivity contribution in [3.63, 3.8) is 0 Å². The molecule has 0 radical (unpaired) electrons. The van der Waals surface area contributed by atoms with Crippen molar-refractivity contribution in [1.29, 1.82) is 0 Å². The van der Waals surface area contributed by atoms with Gasteiger partial charge in [-0.1, -0.05) is 17.3 Å². The van der Waals surface area contributed by atoms with Gasteiger partial charge in [-0.15, -0.1) is 0 Å². The Balaban J connectivity index is 0.000000179. The van der Waals surface area contributed by atoms with Crippen LogP contribution in [-0.4, -0.2) is 39.1 Å². The molecule has 2 heterocycles. The van der Waals surface area contributed by atoms with E-state index in [0.717, 1.165) is 38.1 Å². The third-order valence-corrected chi connectivity index (χ3v) is 4.37.